The van der Waals surface area contributed by atoms with Crippen LogP contribution in [0, 0.1) is 34.5 Å². The van der Waals surface area contributed by atoms with E-state index in [2.05, 4.69) is 20.8 Å². The van der Waals surface area contributed by atoms with Crippen molar-refractivity contribution in [3.63, 3.8) is 0 Å². The molecule has 5 fully saturated rings. The molecule has 1 heterocycles. The molecule has 1 unspecified atom stereocenters. The maximum atomic E-state index is 12.1. The highest BCUT2D eigenvalue weighted by atomic mass is 16.6. The van der Waals surface area contributed by atoms with Crippen molar-refractivity contribution in [2.24, 2.45) is 34.5 Å². The molecule has 5 aliphatic carbocycles. The molecule has 0 aromatic rings. The number of ether oxygens (including phenoxy) is 2. The highest BCUT2D eigenvalue weighted by Gasteiger charge is 2.85. The molecule has 0 aromatic heterocycles. The molecule has 26 heavy (non-hydrogen) atoms. The van der Waals surface area contributed by atoms with Gasteiger partial charge >= 0.3 is 0 Å². The summed E-state index contributed by atoms with van der Waals surface area (Å²) in [4.78, 5) is 23.3. The summed E-state index contributed by atoms with van der Waals surface area (Å²) in [5.74, 6) is 2.67. The van der Waals surface area contributed by atoms with E-state index in [1.54, 1.807) is 0 Å². The standard InChI is InChI=1S/C22H28O4/c1-19-6-4-12(24)8-16(19)13-9-14(13)18-15-5-7-21(3,25-11-23)20(15,2)10-17-22(18,19)26-17/h8,11,13-15,17-18H,4-7,9-10H2,1-3H3/t13-,14+,15+,17?,18+,19+,20+,21+,22-/m1/s1. The summed E-state index contributed by atoms with van der Waals surface area (Å²) in [6, 6.07) is 0. The van der Waals surface area contributed by atoms with Crippen molar-refractivity contribution in [3.05, 3.63) is 11.6 Å². The molecule has 140 valence electrons. The maximum Gasteiger partial charge on any atom is 0.293 e. The number of carbonyl (C=O) groups is 2. The van der Waals surface area contributed by atoms with Crippen LogP contribution in [0.2, 0.25) is 0 Å². The molecule has 1 saturated heterocycles. The van der Waals surface area contributed by atoms with Crippen LogP contribution in [-0.4, -0.2) is 29.6 Å². The van der Waals surface area contributed by atoms with Gasteiger partial charge in [-0.1, -0.05) is 19.4 Å². The first-order valence-electron chi connectivity index (χ1n) is 10.3. The molecule has 4 nitrogen and oxygen atoms in total. The summed E-state index contributed by atoms with van der Waals surface area (Å²) in [5, 5.41) is 0. The Morgan fingerprint density at radius 3 is 2.85 bits per heavy atom. The van der Waals surface area contributed by atoms with Crippen molar-refractivity contribution in [1.29, 1.82) is 0 Å². The van der Waals surface area contributed by atoms with Crippen LogP contribution in [0.3, 0.4) is 0 Å². The zero-order valence-electron chi connectivity index (χ0n) is 15.9. The second-order valence-electron chi connectivity index (χ2n) is 10.5. The van der Waals surface area contributed by atoms with E-state index in [0.29, 0.717) is 42.3 Å². The van der Waals surface area contributed by atoms with Crippen molar-refractivity contribution < 1.29 is 19.1 Å². The molecule has 0 N–H and O–H groups in total. The smallest absolute Gasteiger partial charge is 0.293 e. The van der Waals surface area contributed by atoms with Crippen molar-refractivity contribution >= 4 is 12.3 Å². The van der Waals surface area contributed by atoms with Crippen LogP contribution in [0.5, 0.6) is 0 Å². The predicted octanol–water partition coefficient (Wildman–Crippen LogP) is 3.44. The average molecular weight is 356 g/mol. The highest BCUT2D eigenvalue weighted by molar-refractivity contribution is 5.92. The molecule has 0 amide bonds. The number of epoxide rings is 1. The lowest BCUT2D eigenvalue weighted by atomic mass is 9.46. The van der Waals surface area contributed by atoms with E-state index < -0.39 is 0 Å². The second kappa shape index (κ2) is 4.29. The van der Waals surface area contributed by atoms with Crippen molar-refractivity contribution in [2.75, 3.05) is 0 Å². The Kier molecular flexibility index (Phi) is 2.62. The number of hydrogen-bond donors (Lipinski definition) is 0. The van der Waals surface area contributed by atoms with Crippen LogP contribution in [0.4, 0.5) is 0 Å². The van der Waals surface area contributed by atoms with E-state index in [1.165, 1.54) is 12.0 Å². The van der Waals surface area contributed by atoms with Crippen LogP contribution >= 0.6 is 0 Å². The first-order valence-corrected chi connectivity index (χ1v) is 10.3. The molecule has 0 aromatic carbocycles. The lowest BCUT2D eigenvalue weighted by molar-refractivity contribution is -0.162. The first-order chi connectivity index (χ1) is 12.3. The fourth-order valence-electron chi connectivity index (χ4n) is 8.34. The Morgan fingerprint density at radius 1 is 1.27 bits per heavy atom. The Hall–Kier alpha value is -1.16. The summed E-state index contributed by atoms with van der Waals surface area (Å²) in [6.45, 7) is 7.51. The fraction of sp³-hybridized carbons (Fsp3) is 0.818. The first kappa shape index (κ1) is 15.9. The predicted molar refractivity (Wildman–Crippen MR) is 94.1 cm³/mol. The van der Waals surface area contributed by atoms with E-state index in [1.807, 2.05) is 6.08 Å². The number of carbonyl (C=O) groups excluding carboxylic acids is 2. The third-order valence-corrected chi connectivity index (χ3v) is 9.95. The molecule has 1 aliphatic heterocycles. The van der Waals surface area contributed by atoms with Crippen LogP contribution in [-0.2, 0) is 19.1 Å². The van der Waals surface area contributed by atoms with Gasteiger partial charge in [0.1, 0.15) is 11.2 Å². The van der Waals surface area contributed by atoms with Gasteiger partial charge in [0.15, 0.2) is 5.78 Å². The van der Waals surface area contributed by atoms with E-state index in [4.69, 9.17) is 9.47 Å². The molecule has 6 aliphatic rings. The highest BCUT2D eigenvalue weighted by Crippen LogP contribution is 2.82. The minimum absolute atomic E-state index is 0.00154. The van der Waals surface area contributed by atoms with Gasteiger partial charge in [0.2, 0.25) is 0 Å². The van der Waals surface area contributed by atoms with Gasteiger partial charge in [-0.25, -0.2) is 0 Å². The van der Waals surface area contributed by atoms with Gasteiger partial charge in [0.05, 0.1) is 6.10 Å². The topological polar surface area (TPSA) is 55.9 Å². The molecule has 4 saturated carbocycles. The van der Waals surface area contributed by atoms with Crippen LogP contribution < -0.4 is 0 Å². The van der Waals surface area contributed by atoms with Crippen LogP contribution in [0.1, 0.15) is 59.3 Å². The Morgan fingerprint density at radius 2 is 2.08 bits per heavy atom. The van der Waals surface area contributed by atoms with E-state index in [9.17, 15) is 9.59 Å². The summed E-state index contributed by atoms with van der Waals surface area (Å²) in [5.41, 5.74) is 0.999. The third-order valence-electron chi connectivity index (χ3n) is 9.95. The van der Waals surface area contributed by atoms with Gasteiger partial charge in [-0.05, 0) is 68.8 Å². The molecular formula is C22H28O4. The number of hydrogen-bond acceptors (Lipinski definition) is 4. The van der Waals surface area contributed by atoms with E-state index in [-0.39, 0.29) is 28.1 Å². The molecule has 1 spiro atoms. The van der Waals surface area contributed by atoms with Gasteiger partial charge in [0.25, 0.3) is 6.47 Å². The third kappa shape index (κ3) is 1.44. The van der Waals surface area contributed by atoms with Gasteiger partial charge < -0.3 is 9.47 Å². The van der Waals surface area contributed by atoms with Gasteiger partial charge in [-0.2, -0.15) is 0 Å². The summed E-state index contributed by atoms with van der Waals surface area (Å²) in [6.07, 6.45) is 8.13. The second-order valence-corrected chi connectivity index (χ2v) is 10.5. The zero-order valence-corrected chi connectivity index (χ0v) is 15.9. The van der Waals surface area contributed by atoms with Gasteiger partial charge in [-0.15, -0.1) is 0 Å². The Labute approximate surface area is 154 Å². The van der Waals surface area contributed by atoms with Crippen molar-refractivity contribution in [1.82, 2.24) is 0 Å². The van der Waals surface area contributed by atoms with E-state index >= 15 is 0 Å². The van der Waals surface area contributed by atoms with Crippen LogP contribution in [0.25, 0.3) is 0 Å². The summed E-state index contributed by atoms with van der Waals surface area (Å²) >= 11 is 0. The number of ketones is 1. The molecule has 6 rings (SSSR count). The van der Waals surface area contributed by atoms with Crippen molar-refractivity contribution in [3.8, 4) is 0 Å². The molecule has 4 heteroatoms. The average Bonchev–Trinajstić information content (AvgIpc) is 3.47. The minimum Gasteiger partial charge on any atom is -0.461 e. The summed E-state index contributed by atoms with van der Waals surface area (Å²) < 4.78 is 12.4. The Bertz CT molecular complexity index is 772. The molecule has 0 radical (unpaired) electrons. The Balaban J connectivity index is 1.47. The minimum atomic E-state index is -0.374. The zero-order chi connectivity index (χ0) is 18.1. The normalized spacial score (nSPS) is 61.3. The van der Waals surface area contributed by atoms with Crippen molar-refractivity contribution in [2.45, 2.75) is 76.6 Å². The van der Waals surface area contributed by atoms with E-state index in [0.717, 1.165) is 25.7 Å². The molecule has 9 atom stereocenters. The summed E-state index contributed by atoms with van der Waals surface area (Å²) in [7, 11) is 0. The lowest BCUT2D eigenvalue weighted by Gasteiger charge is -2.56. The SMILES string of the molecule is C[C@]12CCC(=O)C=C1[C@@H]1C[C@@H]1[C@H]1[C@@H]3CC[C@](C)(OC=O)[C@@]3(C)CC3O[C@]312. The molecular weight excluding hydrogens is 328 g/mol. The largest absolute Gasteiger partial charge is 0.461 e. The monoisotopic (exact) mass is 356 g/mol. The quantitative estimate of drug-likeness (QED) is 0.562. The number of rotatable bonds is 2. The van der Waals surface area contributed by atoms with Crippen LogP contribution in [0.15, 0.2) is 11.6 Å². The lowest BCUT2D eigenvalue weighted by Crippen LogP contribution is -2.60. The van der Waals surface area contributed by atoms with Gasteiger partial charge in [-0.3, -0.25) is 9.59 Å². The fourth-order valence-corrected chi connectivity index (χ4v) is 8.34. The number of fused-ring (bicyclic) bond motifs is 6. The van der Waals surface area contributed by atoms with Gasteiger partial charge in [0, 0.05) is 17.3 Å². The molecule has 0 bridgehead atoms. The maximum absolute atomic E-state index is 12.1.